The van der Waals surface area contributed by atoms with Gasteiger partial charge in [-0.15, -0.1) is 0 Å². The molecule has 2 atom stereocenters. The lowest BCUT2D eigenvalue weighted by Crippen LogP contribution is -2.17. The number of fused-ring (bicyclic) bond motifs is 1. The number of ether oxygens (including phenoxy) is 3. The fourth-order valence-electron chi connectivity index (χ4n) is 2.32. The highest BCUT2D eigenvalue weighted by molar-refractivity contribution is 5.44. The number of aliphatic hydroxyl groups is 1. The average molecular weight is 236 g/mol. The Balaban J connectivity index is 1.82. The van der Waals surface area contributed by atoms with Crippen molar-refractivity contribution < 1.29 is 19.3 Å². The molecule has 0 bridgehead atoms. The molecular formula is C13H16O4. The Hall–Kier alpha value is -1.26. The van der Waals surface area contributed by atoms with Crippen LogP contribution in [-0.4, -0.2) is 31.5 Å². The summed E-state index contributed by atoms with van der Waals surface area (Å²) in [6.07, 6.45) is 0.434. The van der Waals surface area contributed by atoms with E-state index in [9.17, 15) is 5.11 Å². The lowest BCUT2D eigenvalue weighted by atomic mass is 9.95. The molecule has 0 radical (unpaired) electrons. The number of aliphatic hydroxyl groups excluding tert-OH is 1. The molecule has 0 aliphatic carbocycles. The van der Waals surface area contributed by atoms with Gasteiger partial charge in [-0.05, 0) is 24.1 Å². The number of benzene rings is 1. The van der Waals surface area contributed by atoms with E-state index >= 15 is 0 Å². The van der Waals surface area contributed by atoms with Crippen LogP contribution in [0.25, 0.3) is 0 Å². The second-order valence-electron chi connectivity index (χ2n) is 4.47. The Bertz CT molecular complexity index is 398. The third-order valence-corrected chi connectivity index (χ3v) is 3.32. The topological polar surface area (TPSA) is 47.9 Å². The van der Waals surface area contributed by atoms with Crippen LogP contribution in [0.5, 0.6) is 11.5 Å². The molecule has 3 rings (SSSR count). The van der Waals surface area contributed by atoms with Crippen LogP contribution in [0, 0.1) is 5.92 Å². The van der Waals surface area contributed by atoms with Crippen LogP contribution >= 0.6 is 0 Å². The first-order valence-corrected chi connectivity index (χ1v) is 6.00. The Morgan fingerprint density at radius 1 is 1.12 bits per heavy atom. The zero-order valence-corrected chi connectivity index (χ0v) is 9.59. The number of rotatable bonds is 2. The van der Waals surface area contributed by atoms with Crippen LogP contribution < -0.4 is 9.47 Å². The maximum absolute atomic E-state index is 10.2. The van der Waals surface area contributed by atoms with E-state index in [0.29, 0.717) is 19.8 Å². The first kappa shape index (κ1) is 10.9. The van der Waals surface area contributed by atoms with Gasteiger partial charge in [0.15, 0.2) is 11.5 Å². The van der Waals surface area contributed by atoms with Gasteiger partial charge >= 0.3 is 0 Å². The zero-order chi connectivity index (χ0) is 11.7. The summed E-state index contributed by atoms with van der Waals surface area (Å²) >= 11 is 0. The van der Waals surface area contributed by atoms with Gasteiger partial charge in [-0.1, -0.05) is 6.07 Å². The molecule has 17 heavy (non-hydrogen) atoms. The highest BCUT2D eigenvalue weighted by atomic mass is 16.6. The van der Waals surface area contributed by atoms with Crippen LogP contribution in [0.1, 0.15) is 18.1 Å². The van der Waals surface area contributed by atoms with Crippen LogP contribution in [0.4, 0.5) is 0 Å². The van der Waals surface area contributed by atoms with Gasteiger partial charge in [-0.25, -0.2) is 0 Å². The van der Waals surface area contributed by atoms with Gasteiger partial charge in [0, 0.05) is 12.5 Å². The van der Waals surface area contributed by atoms with Crippen LogP contribution in [0.2, 0.25) is 0 Å². The Kier molecular flexibility index (Phi) is 2.91. The molecule has 1 N–H and O–H groups in total. The van der Waals surface area contributed by atoms with E-state index in [0.717, 1.165) is 30.1 Å². The van der Waals surface area contributed by atoms with E-state index in [1.165, 1.54) is 0 Å². The minimum Gasteiger partial charge on any atom is -0.486 e. The summed E-state index contributed by atoms with van der Waals surface area (Å²) in [5, 5.41) is 10.2. The van der Waals surface area contributed by atoms with Gasteiger partial charge in [0.2, 0.25) is 0 Å². The van der Waals surface area contributed by atoms with Crippen molar-refractivity contribution >= 4 is 0 Å². The Morgan fingerprint density at radius 3 is 2.71 bits per heavy atom. The van der Waals surface area contributed by atoms with Crippen molar-refractivity contribution in [1.82, 2.24) is 0 Å². The standard InChI is InChI=1S/C13H16O4/c14-13(10-3-4-15-8-10)9-1-2-11-12(7-9)17-6-5-16-11/h1-2,7,10,13-14H,3-6,8H2. The van der Waals surface area contributed by atoms with E-state index in [2.05, 4.69) is 0 Å². The van der Waals surface area contributed by atoms with Gasteiger partial charge in [0.05, 0.1) is 12.7 Å². The van der Waals surface area contributed by atoms with Gasteiger partial charge in [-0.2, -0.15) is 0 Å². The minimum atomic E-state index is -0.478. The third kappa shape index (κ3) is 2.10. The molecule has 1 aromatic carbocycles. The quantitative estimate of drug-likeness (QED) is 0.846. The fraction of sp³-hybridized carbons (Fsp3) is 0.538. The predicted molar refractivity (Wildman–Crippen MR) is 61.3 cm³/mol. The first-order valence-electron chi connectivity index (χ1n) is 6.00. The lowest BCUT2D eigenvalue weighted by Gasteiger charge is -2.22. The molecule has 0 amide bonds. The summed E-state index contributed by atoms with van der Waals surface area (Å²) in [5.74, 6) is 1.68. The molecule has 0 aromatic heterocycles. The van der Waals surface area contributed by atoms with Gasteiger partial charge in [0.25, 0.3) is 0 Å². The van der Waals surface area contributed by atoms with Gasteiger partial charge in [0.1, 0.15) is 13.2 Å². The molecule has 2 heterocycles. The molecule has 1 aromatic rings. The molecule has 4 heteroatoms. The molecule has 2 aliphatic heterocycles. The predicted octanol–water partition coefficient (Wildman–Crippen LogP) is 1.53. The summed E-state index contributed by atoms with van der Waals surface area (Å²) in [4.78, 5) is 0. The fourth-order valence-corrected chi connectivity index (χ4v) is 2.32. The smallest absolute Gasteiger partial charge is 0.161 e. The zero-order valence-electron chi connectivity index (χ0n) is 9.59. The maximum Gasteiger partial charge on any atom is 0.161 e. The summed E-state index contributed by atoms with van der Waals surface area (Å²) in [5.41, 5.74) is 0.879. The summed E-state index contributed by atoms with van der Waals surface area (Å²) in [7, 11) is 0. The monoisotopic (exact) mass is 236 g/mol. The molecule has 2 aliphatic rings. The number of hydrogen-bond donors (Lipinski definition) is 1. The molecule has 2 unspecified atom stereocenters. The van der Waals surface area contributed by atoms with Crippen molar-refractivity contribution in [2.45, 2.75) is 12.5 Å². The van der Waals surface area contributed by atoms with Crippen molar-refractivity contribution in [3.05, 3.63) is 23.8 Å². The van der Waals surface area contributed by atoms with Crippen molar-refractivity contribution in [2.24, 2.45) is 5.92 Å². The van der Waals surface area contributed by atoms with Crippen LogP contribution in [0.15, 0.2) is 18.2 Å². The number of hydrogen-bond acceptors (Lipinski definition) is 4. The molecule has 1 saturated heterocycles. The molecular weight excluding hydrogens is 220 g/mol. The summed E-state index contributed by atoms with van der Waals surface area (Å²) in [6, 6.07) is 5.64. The molecule has 0 saturated carbocycles. The van der Waals surface area contributed by atoms with Crippen molar-refractivity contribution in [2.75, 3.05) is 26.4 Å². The third-order valence-electron chi connectivity index (χ3n) is 3.32. The Morgan fingerprint density at radius 2 is 1.94 bits per heavy atom. The normalized spacial score (nSPS) is 24.6. The first-order chi connectivity index (χ1) is 8.34. The van der Waals surface area contributed by atoms with Crippen molar-refractivity contribution in [3.8, 4) is 11.5 Å². The van der Waals surface area contributed by atoms with Crippen LogP contribution in [-0.2, 0) is 4.74 Å². The van der Waals surface area contributed by atoms with Crippen molar-refractivity contribution in [3.63, 3.8) is 0 Å². The van der Waals surface area contributed by atoms with E-state index in [1.807, 2.05) is 18.2 Å². The highest BCUT2D eigenvalue weighted by Gasteiger charge is 2.26. The van der Waals surface area contributed by atoms with Crippen LogP contribution in [0.3, 0.4) is 0 Å². The summed E-state index contributed by atoms with van der Waals surface area (Å²) < 4.78 is 16.3. The molecule has 92 valence electrons. The lowest BCUT2D eigenvalue weighted by molar-refractivity contribution is 0.0910. The molecule has 4 nitrogen and oxygen atoms in total. The van der Waals surface area contributed by atoms with E-state index in [4.69, 9.17) is 14.2 Å². The highest BCUT2D eigenvalue weighted by Crippen LogP contribution is 2.36. The average Bonchev–Trinajstić information content (AvgIpc) is 2.91. The Labute approximate surface area is 100 Å². The van der Waals surface area contributed by atoms with Gasteiger partial charge < -0.3 is 19.3 Å². The van der Waals surface area contributed by atoms with E-state index in [-0.39, 0.29) is 5.92 Å². The molecule has 1 fully saturated rings. The minimum absolute atomic E-state index is 0.192. The van der Waals surface area contributed by atoms with E-state index < -0.39 is 6.10 Å². The second kappa shape index (κ2) is 4.55. The van der Waals surface area contributed by atoms with E-state index in [1.54, 1.807) is 0 Å². The van der Waals surface area contributed by atoms with Crippen molar-refractivity contribution in [1.29, 1.82) is 0 Å². The van der Waals surface area contributed by atoms with Gasteiger partial charge in [-0.3, -0.25) is 0 Å². The second-order valence-corrected chi connectivity index (χ2v) is 4.47. The summed E-state index contributed by atoms with van der Waals surface area (Å²) in [6.45, 7) is 2.53. The SMILES string of the molecule is OC(c1ccc2c(c1)OCCO2)C1CCOC1. The largest absolute Gasteiger partial charge is 0.486 e. The maximum atomic E-state index is 10.2. The molecule has 0 spiro atoms.